The summed E-state index contributed by atoms with van der Waals surface area (Å²) >= 11 is 1.29. The van der Waals surface area contributed by atoms with Crippen LogP contribution in [0.15, 0.2) is 72.8 Å². The van der Waals surface area contributed by atoms with E-state index in [0.717, 1.165) is 9.89 Å². The first-order valence-corrected chi connectivity index (χ1v) is 9.49. The molecule has 2 aromatic carbocycles. The Balaban J connectivity index is 1.74. The van der Waals surface area contributed by atoms with Gasteiger partial charge in [0.25, 0.3) is 11.8 Å². The highest BCUT2D eigenvalue weighted by atomic mass is 32.1. The molecule has 0 spiro atoms. The molecule has 1 aliphatic heterocycles. The second-order valence-corrected chi connectivity index (χ2v) is 7.69. The number of thiophene rings is 1. The quantitative estimate of drug-likeness (QED) is 0.671. The summed E-state index contributed by atoms with van der Waals surface area (Å²) in [5.74, 6) is -1.06. The van der Waals surface area contributed by atoms with Crippen molar-refractivity contribution in [2.75, 3.05) is 0 Å². The van der Waals surface area contributed by atoms with Crippen LogP contribution >= 0.6 is 11.3 Å². The minimum Gasteiger partial charge on any atom is -0.314 e. The minimum atomic E-state index is -1.40. The van der Waals surface area contributed by atoms with Crippen molar-refractivity contribution in [2.45, 2.75) is 12.5 Å². The van der Waals surface area contributed by atoms with Crippen molar-refractivity contribution >= 4 is 29.2 Å². The number of hydrazine groups is 1. The number of amides is 4. The number of hydrogen-bond donors (Lipinski definition) is 2. The largest absolute Gasteiger partial charge is 0.344 e. The number of nitrogens with one attached hydrogen (secondary N) is 2. The van der Waals surface area contributed by atoms with Crippen molar-refractivity contribution in [3.63, 3.8) is 0 Å². The molecule has 1 aromatic heterocycles. The molecule has 1 fully saturated rings. The molecular weight excluding hydrogens is 374 g/mol. The van der Waals surface area contributed by atoms with Gasteiger partial charge >= 0.3 is 6.03 Å². The van der Waals surface area contributed by atoms with Gasteiger partial charge < -0.3 is 5.32 Å². The van der Waals surface area contributed by atoms with Gasteiger partial charge in [-0.3, -0.25) is 15.0 Å². The van der Waals surface area contributed by atoms with E-state index in [9.17, 15) is 14.4 Å². The number of nitrogens with zero attached hydrogens (tertiary/aromatic N) is 1. The summed E-state index contributed by atoms with van der Waals surface area (Å²) in [6.45, 7) is 1.88. The van der Waals surface area contributed by atoms with E-state index in [1.807, 2.05) is 25.1 Å². The zero-order valence-electron chi connectivity index (χ0n) is 15.0. The number of urea groups is 1. The van der Waals surface area contributed by atoms with Gasteiger partial charge in [-0.2, -0.15) is 5.01 Å². The molecule has 4 amide bonds. The Morgan fingerprint density at radius 2 is 1.50 bits per heavy atom. The Hall–Kier alpha value is -3.45. The van der Waals surface area contributed by atoms with Gasteiger partial charge in [0.1, 0.15) is 0 Å². The Kier molecular flexibility index (Phi) is 4.44. The molecule has 6 nitrogen and oxygen atoms in total. The van der Waals surface area contributed by atoms with Crippen molar-refractivity contribution in [2.24, 2.45) is 0 Å². The monoisotopic (exact) mass is 391 g/mol. The van der Waals surface area contributed by atoms with E-state index in [4.69, 9.17) is 0 Å². The summed E-state index contributed by atoms with van der Waals surface area (Å²) < 4.78 is 0. The summed E-state index contributed by atoms with van der Waals surface area (Å²) in [5, 5.41) is 3.55. The van der Waals surface area contributed by atoms with Gasteiger partial charge in [-0.25, -0.2) is 4.79 Å². The van der Waals surface area contributed by atoms with Crippen LogP contribution < -0.4 is 10.7 Å². The molecule has 0 atom stereocenters. The van der Waals surface area contributed by atoms with E-state index in [1.165, 1.54) is 11.3 Å². The van der Waals surface area contributed by atoms with E-state index in [0.29, 0.717) is 16.0 Å². The van der Waals surface area contributed by atoms with Crippen molar-refractivity contribution in [3.8, 4) is 0 Å². The molecule has 0 radical (unpaired) electrons. The van der Waals surface area contributed by atoms with Crippen molar-refractivity contribution in [1.82, 2.24) is 15.8 Å². The summed E-state index contributed by atoms with van der Waals surface area (Å²) in [7, 11) is 0. The van der Waals surface area contributed by atoms with Gasteiger partial charge in [0.15, 0.2) is 5.54 Å². The molecule has 140 valence electrons. The molecule has 0 bridgehead atoms. The van der Waals surface area contributed by atoms with Crippen LogP contribution in [-0.4, -0.2) is 22.9 Å². The van der Waals surface area contributed by atoms with E-state index >= 15 is 0 Å². The number of imide groups is 1. The Morgan fingerprint density at radius 3 is 2.00 bits per heavy atom. The Labute approximate surface area is 165 Å². The first kappa shape index (κ1) is 17.9. The predicted molar refractivity (Wildman–Crippen MR) is 106 cm³/mol. The van der Waals surface area contributed by atoms with Gasteiger partial charge in [-0.05, 0) is 30.2 Å². The maximum atomic E-state index is 13.4. The molecule has 7 heteroatoms. The molecule has 28 heavy (non-hydrogen) atoms. The lowest BCUT2D eigenvalue weighted by Crippen LogP contribution is -2.49. The van der Waals surface area contributed by atoms with Crippen LogP contribution in [0.1, 0.15) is 25.7 Å². The fourth-order valence-corrected chi connectivity index (χ4v) is 4.04. The third-order valence-corrected chi connectivity index (χ3v) is 5.61. The average Bonchev–Trinajstić information content (AvgIpc) is 3.26. The van der Waals surface area contributed by atoms with Crippen LogP contribution in [0.5, 0.6) is 0 Å². The fourth-order valence-electron chi connectivity index (χ4n) is 3.28. The van der Waals surface area contributed by atoms with Crippen LogP contribution in [0.4, 0.5) is 4.79 Å². The summed E-state index contributed by atoms with van der Waals surface area (Å²) in [6, 6.07) is 20.8. The molecule has 2 N–H and O–H groups in total. The number of hydrogen-bond acceptors (Lipinski definition) is 4. The van der Waals surface area contributed by atoms with Crippen LogP contribution in [0.3, 0.4) is 0 Å². The molecule has 1 aliphatic rings. The summed E-state index contributed by atoms with van der Waals surface area (Å²) in [5.41, 5.74) is 2.27. The lowest BCUT2D eigenvalue weighted by atomic mass is 9.83. The third-order valence-electron chi connectivity index (χ3n) is 4.61. The number of aryl methyl sites for hydroxylation is 1. The zero-order valence-corrected chi connectivity index (χ0v) is 15.8. The van der Waals surface area contributed by atoms with Gasteiger partial charge in [-0.15, -0.1) is 11.3 Å². The molecule has 4 rings (SSSR count). The number of benzene rings is 2. The number of carbonyl (C=O) groups is 3. The molecule has 3 aromatic rings. The summed E-state index contributed by atoms with van der Waals surface area (Å²) in [6.07, 6.45) is 0. The molecule has 0 saturated carbocycles. The standard InChI is InChI=1S/C21H17N3O3S/c1-14-12-13-17(28-14)18(25)23-24-19(26)21(22-20(24)27,15-8-4-2-5-9-15)16-10-6-3-7-11-16/h2-13H,1H3,(H,22,27)(H,23,25). The highest BCUT2D eigenvalue weighted by Gasteiger charge is 2.54. The first-order valence-electron chi connectivity index (χ1n) is 8.67. The lowest BCUT2D eigenvalue weighted by molar-refractivity contribution is -0.131. The molecular formula is C21H17N3O3S. The lowest BCUT2D eigenvalue weighted by Gasteiger charge is -2.27. The maximum Gasteiger partial charge on any atom is 0.344 e. The van der Waals surface area contributed by atoms with E-state index in [1.54, 1.807) is 54.6 Å². The van der Waals surface area contributed by atoms with Gasteiger partial charge in [0, 0.05) is 4.88 Å². The topological polar surface area (TPSA) is 78.5 Å². The van der Waals surface area contributed by atoms with Crippen molar-refractivity contribution in [1.29, 1.82) is 0 Å². The minimum absolute atomic E-state index is 0.426. The zero-order chi connectivity index (χ0) is 19.7. The Morgan fingerprint density at radius 1 is 0.929 bits per heavy atom. The normalized spacial score (nSPS) is 15.4. The smallest absolute Gasteiger partial charge is 0.314 e. The number of carbonyl (C=O) groups excluding carboxylic acids is 3. The maximum absolute atomic E-state index is 13.4. The second-order valence-electron chi connectivity index (χ2n) is 6.40. The SMILES string of the molecule is Cc1ccc(C(=O)NN2C(=O)NC(c3ccccc3)(c3ccccc3)C2=O)s1. The summed E-state index contributed by atoms with van der Waals surface area (Å²) in [4.78, 5) is 40.0. The van der Waals surface area contributed by atoms with Gasteiger partial charge in [0.05, 0.1) is 4.88 Å². The highest BCUT2D eigenvalue weighted by Crippen LogP contribution is 2.35. The van der Waals surface area contributed by atoms with E-state index < -0.39 is 23.4 Å². The molecule has 1 saturated heterocycles. The van der Waals surface area contributed by atoms with Crippen LogP contribution in [0.2, 0.25) is 0 Å². The van der Waals surface area contributed by atoms with Crippen LogP contribution in [0, 0.1) is 6.92 Å². The van der Waals surface area contributed by atoms with Gasteiger partial charge in [-0.1, -0.05) is 60.7 Å². The predicted octanol–water partition coefficient (Wildman–Crippen LogP) is 3.20. The van der Waals surface area contributed by atoms with Crippen molar-refractivity contribution < 1.29 is 14.4 Å². The Bertz CT molecular complexity index is 1010. The first-order chi connectivity index (χ1) is 13.5. The average molecular weight is 391 g/mol. The van der Waals surface area contributed by atoms with E-state index in [-0.39, 0.29) is 0 Å². The molecule has 0 unspecified atom stereocenters. The number of rotatable bonds is 4. The molecule has 0 aliphatic carbocycles. The van der Waals surface area contributed by atoms with Crippen LogP contribution in [-0.2, 0) is 10.3 Å². The fraction of sp³-hybridized carbons (Fsp3) is 0.0952. The highest BCUT2D eigenvalue weighted by molar-refractivity contribution is 7.13. The second kappa shape index (κ2) is 6.94. The van der Waals surface area contributed by atoms with Crippen LogP contribution in [0.25, 0.3) is 0 Å². The molecule has 2 heterocycles. The third kappa shape index (κ3) is 2.86. The van der Waals surface area contributed by atoms with Gasteiger partial charge in [0.2, 0.25) is 0 Å². The van der Waals surface area contributed by atoms with Crippen molar-refractivity contribution in [3.05, 3.63) is 93.7 Å². The van der Waals surface area contributed by atoms with E-state index in [2.05, 4.69) is 10.7 Å².